The molecule has 0 unspecified atom stereocenters. The quantitative estimate of drug-likeness (QED) is 0.728. The van der Waals surface area contributed by atoms with Crippen LogP contribution >= 0.6 is 0 Å². The smallest absolute Gasteiger partial charge is 0.175 e. The Morgan fingerprint density at radius 3 is 2.43 bits per heavy atom. The van der Waals surface area contributed by atoms with Gasteiger partial charge in [-0.15, -0.1) is 0 Å². The molecule has 0 atom stereocenters. The summed E-state index contributed by atoms with van der Waals surface area (Å²) >= 11 is 0. The van der Waals surface area contributed by atoms with Crippen LogP contribution < -0.4 is 0 Å². The molecule has 3 heteroatoms. The van der Waals surface area contributed by atoms with Crippen LogP contribution in [0.15, 0.2) is 12.1 Å². The van der Waals surface area contributed by atoms with Crippen molar-refractivity contribution in [3.8, 4) is 0 Å². The molecule has 0 aromatic carbocycles. The summed E-state index contributed by atoms with van der Waals surface area (Å²) in [4.78, 5) is 16.5. The molecule has 0 radical (unpaired) electrons. The van der Waals surface area contributed by atoms with Crippen LogP contribution in [-0.4, -0.2) is 28.8 Å². The number of hydrogen-bond donors (Lipinski definition) is 1. The van der Waals surface area contributed by atoms with Gasteiger partial charge in [0.2, 0.25) is 0 Å². The third-order valence-corrected chi connectivity index (χ3v) is 2.41. The number of hydrogen-bond acceptors (Lipinski definition) is 2. The monoisotopic (exact) mass is 194 g/mol. The number of aromatic nitrogens is 1. The van der Waals surface area contributed by atoms with Crippen molar-refractivity contribution < 1.29 is 4.79 Å². The number of rotatable bonds is 5. The van der Waals surface area contributed by atoms with Crippen LogP contribution in [0.5, 0.6) is 0 Å². The zero-order chi connectivity index (χ0) is 10.6. The number of carbonyl (C=O) groups is 1. The Hall–Kier alpha value is -1.09. The molecule has 3 nitrogen and oxygen atoms in total. The Morgan fingerprint density at radius 1 is 1.36 bits per heavy atom. The maximum Gasteiger partial charge on any atom is 0.175 e. The lowest BCUT2D eigenvalue weighted by Crippen LogP contribution is -2.22. The Bertz CT molecular complexity index is 300. The van der Waals surface area contributed by atoms with Gasteiger partial charge in [0.15, 0.2) is 5.78 Å². The number of H-pyrrole nitrogens is 1. The highest BCUT2D eigenvalue weighted by Gasteiger charge is 2.05. The minimum absolute atomic E-state index is 0.0933. The lowest BCUT2D eigenvalue weighted by atomic mass is 10.3. The molecular formula is C11H18N2O. The summed E-state index contributed by atoms with van der Waals surface area (Å²) in [6.45, 7) is 8.81. The number of Topliss-reactive ketones (excluding diaryl/α,β-unsaturated/α-hetero) is 1. The highest BCUT2D eigenvalue weighted by Crippen LogP contribution is 2.05. The summed E-state index contributed by atoms with van der Waals surface area (Å²) in [6, 6.07) is 3.83. The average Bonchev–Trinajstić information content (AvgIpc) is 2.62. The minimum atomic E-state index is 0.0933. The van der Waals surface area contributed by atoms with Crippen molar-refractivity contribution in [3.05, 3.63) is 23.5 Å². The molecule has 0 spiro atoms. The van der Waals surface area contributed by atoms with E-state index in [2.05, 4.69) is 23.7 Å². The Morgan fingerprint density at radius 2 is 2.00 bits per heavy atom. The van der Waals surface area contributed by atoms with Crippen molar-refractivity contribution in [1.82, 2.24) is 9.88 Å². The maximum atomic E-state index is 11.0. The summed E-state index contributed by atoms with van der Waals surface area (Å²) < 4.78 is 0. The number of nitrogens with zero attached hydrogens (tertiary/aromatic N) is 1. The normalized spacial score (nSPS) is 10.9. The zero-order valence-electron chi connectivity index (χ0n) is 9.13. The van der Waals surface area contributed by atoms with Crippen molar-refractivity contribution in [2.45, 2.75) is 27.3 Å². The van der Waals surface area contributed by atoms with E-state index >= 15 is 0 Å². The van der Waals surface area contributed by atoms with Crippen molar-refractivity contribution in [2.75, 3.05) is 13.1 Å². The molecule has 1 heterocycles. The molecule has 1 aromatic rings. The van der Waals surface area contributed by atoms with Crippen molar-refractivity contribution in [2.24, 2.45) is 0 Å². The van der Waals surface area contributed by atoms with Gasteiger partial charge in [0.25, 0.3) is 0 Å². The fourth-order valence-corrected chi connectivity index (χ4v) is 1.43. The molecule has 0 bridgehead atoms. The van der Waals surface area contributed by atoms with E-state index in [-0.39, 0.29) is 5.78 Å². The van der Waals surface area contributed by atoms with Crippen molar-refractivity contribution in [3.63, 3.8) is 0 Å². The van der Waals surface area contributed by atoms with E-state index in [4.69, 9.17) is 0 Å². The largest absolute Gasteiger partial charge is 0.355 e. The van der Waals surface area contributed by atoms with E-state index in [1.165, 1.54) is 0 Å². The highest BCUT2D eigenvalue weighted by molar-refractivity contribution is 5.92. The lowest BCUT2D eigenvalue weighted by Gasteiger charge is -2.16. The third-order valence-electron chi connectivity index (χ3n) is 2.41. The molecule has 0 saturated heterocycles. The standard InChI is InChI=1S/C11H18N2O/c1-4-13(5-2)8-10-6-7-11(12-10)9(3)14/h6-7,12H,4-5,8H2,1-3H3. The van der Waals surface area contributed by atoms with Gasteiger partial charge in [-0.25, -0.2) is 0 Å². The van der Waals surface area contributed by atoms with Gasteiger partial charge in [-0.3, -0.25) is 9.69 Å². The maximum absolute atomic E-state index is 11.0. The van der Waals surface area contributed by atoms with E-state index in [9.17, 15) is 4.79 Å². The first-order chi connectivity index (χ1) is 6.67. The number of nitrogens with one attached hydrogen (secondary N) is 1. The minimum Gasteiger partial charge on any atom is -0.355 e. The van der Waals surface area contributed by atoms with Crippen LogP contribution in [0.2, 0.25) is 0 Å². The predicted molar refractivity (Wildman–Crippen MR) is 57.4 cm³/mol. The molecule has 1 aromatic heterocycles. The van der Waals surface area contributed by atoms with E-state index in [1.807, 2.05) is 12.1 Å². The Labute approximate surface area is 85.1 Å². The molecular weight excluding hydrogens is 176 g/mol. The molecule has 0 aliphatic carbocycles. The number of aromatic amines is 1. The van der Waals surface area contributed by atoms with Gasteiger partial charge in [-0.2, -0.15) is 0 Å². The third kappa shape index (κ3) is 2.70. The summed E-state index contributed by atoms with van der Waals surface area (Å²) in [5.74, 6) is 0.0933. The second-order valence-electron chi connectivity index (χ2n) is 3.41. The average molecular weight is 194 g/mol. The van der Waals surface area contributed by atoms with E-state index in [0.29, 0.717) is 5.69 Å². The molecule has 78 valence electrons. The van der Waals surface area contributed by atoms with Crippen LogP contribution in [0, 0.1) is 0 Å². The summed E-state index contributed by atoms with van der Waals surface area (Å²) in [6.07, 6.45) is 0. The highest BCUT2D eigenvalue weighted by atomic mass is 16.1. The predicted octanol–water partition coefficient (Wildman–Crippen LogP) is 2.06. The summed E-state index contributed by atoms with van der Waals surface area (Å²) in [7, 11) is 0. The molecule has 14 heavy (non-hydrogen) atoms. The molecule has 0 aliphatic rings. The van der Waals surface area contributed by atoms with E-state index in [0.717, 1.165) is 25.3 Å². The topological polar surface area (TPSA) is 36.1 Å². The van der Waals surface area contributed by atoms with Gasteiger partial charge in [0.05, 0.1) is 5.69 Å². The van der Waals surface area contributed by atoms with Gasteiger partial charge < -0.3 is 4.98 Å². The van der Waals surface area contributed by atoms with Gasteiger partial charge in [0.1, 0.15) is 0 Å². The van der Waals surface area contributed by atoms with Crippen molar-refractivity contribution in [1.29, 1.82) is 0 Å². The van der Waals surface area contributed by atoms with Gasteiger partial charge in [-0.05, 0) is 25.2 Å². The summed E-state index contributed by atoms with van der Waals surface area (Å²) in [5, 5.41) is 0. The van der Waals surface area contributed by atoms with Crippen LogP contribution in [0.1, 0.15) is 37.0 Å². The number of ketones is 1. The Kier molecular flexibility index (Phi) is 3.89. The lowest BCUT2D eigenvalue weighted by molar-refractivity contribution is 0.101. The summed E-state index contributed by atoms with van der Waals surface area (Å²) in [5.41, 5.74) is 1.81. The van der Waals surface area contributed by atoms with Crippen LogP contribution in [0.4, 0.5) is 0 Å². The van der Waals surface area contributed by atoms with Crippen LogP contribution in [0.3, 0.4) is 0 Å². The molecule has 1 N–H and O–H groups in total. The van der Waals surface area contributed by atoms with Gasteiger partial charge in [0, 0.05) is 19.2 Å². The van der Waals surface area contributed by atoms with Gasteiger partial charge in [-0.1, -0.05) is 13.8 Å². The SMILES string of the molecule is CCN(CC)Cc1ccc(C(C)=O)[nH]1. The first-order valence-electron chi connectivity index (χ1n) is 5.08. The zero-order valence-corrected chi connectivity index (χ0v) is 9.13. The molecule has 0 aliphatic heterocycles. The van der Waals surface area contributed by atoms with Crippen molar-refractivity contribution >= 4 is 5.78 Å². The van der Waals surface area contributed by atoms with Crippen LogP contribution in [-0.2, 0) is 6.54 Å². The Balaban J connectivity index is 2.63. The molecule has 0 saturated carbocycles. The second kappa shape index (κ2) is 4.96. The molecule has 0 fully saturated rings. The molecule has 1 rings (SSSR count). The number of carbonyl (C=O) groups excluding carboxylic acids is 1. The van der Waals surface area contributed by atoms with E-state index < -0.39 is 0 Å². The van der Waals surface area contributed by atoms with Crippen LogP contribution in [0.25, 0.3) is 0 Å². The first kappa shape index (κ1) is 11.0. The fourth-order valence-electron chi connectivity index (χ4n) is 1.43. The molecule has 0 amide bonds. The first-order valence-corrected chi connectivity index (χ1v) is 5.08. The van der Waals surface area contributed by atoms with E-state index in [1.54, 1.807) is 6.92 Å². The van der Waals surface area contributed by atoms with Gasteiger partial charge >= 0.3 is 0 Å². The second-order valence-corrected chi connectivity index (χ2v) is 3.41. The fraction of sp³-hybridized carbons (Fsp3) is 0.545.